The monoisotopic (exact) mass is 566 g/mol. The first-order valence-corrected chi connectivity index (χ1v) is 15.6. The molecule has 4 aromatic carbocycles. The number of ether oxygens (including phenoxy) is 1. The van der Waals surface area contributed by atoms with Gasteiger partial charge in [-0.25, -0.2) is 4.79 Å². The molecule has 1 amide bonds. The van der Waals surface area contributed by atoms with Crippen LogP contribution in [0.2, 0.25) is 0 Å². The molecule has 4 aromatic rings. The van der Waals surface area contributed by atoms with E-state index in [-0.39, 0.29) is 4.75 Å². The van der Waals surface area contributed by atoms with E-state index in [2.05, 4.69) is 108 Å². The Hall–Kier alpha value is -3.54. The number of hydrogen-bond donors (Lipinski definition) is 1. The third-order valence-corrected chi connectivity index (χ3v) is 8.92. The zero-order chi connectivity index (χ0) is 28.8. The number of nitrogens with zero attached hydrogens (tertiary/aromatic N) is 1. The third-order valence-electron chi connectivity index (χ3n) is 7.29. The summed E-state index contributed by atoms with van der Waals surface area (Å²) in [5, 5.41) is 2.84. The van der Waals surface area contributed by atoms with Gasteiger partial charge in [0.15, 0.2) is 0 Å². The van der Waals surface area contributed by atoms with E-state index in [1.807, 2.05) is 43.0 Å². The van der Waals surface area contributed by atoms with Crippen LogP contribution in [-0.4, -0.2) is 43.4 Å². The highest BCUT2D eigenvalue weighted by Gasteiger charge is 2.36. The van der Waals surface area contributed by atoms with Crippen LogP contribution in [0.15, 0.2) is 115 Å². The highest BCUT2D eigenvalue weighted by Crippen LogP contribution is 2.48. The molecule has 0 radical (unpaired) electrons. The molecule has 1 N–H and O–H groups in total. The van der Waals surface area contributed by atoms with Crippen LogP contribution in [-0.2, 0) is 4.75 Å². The minimum atomic E-state index is -0.405. The number of carbonyl (C=O) groups excluding carboxylic acids is 1. The highest BCUT2D eigenvalue weighted by molar-refractivity contribution is 8.00. The predicted octanol–water partition coefficient (Wildman–Crippen LogP) is 8.30. The zero-order valence-corrected chi connectivity index (χ0v) is 25.1. The van der Waals surface area contributed by atoms with Gasteiger partial charge < -0.3 is 15.0 Å². The molecule has 0 aliphatic carbocycles. The number of carbonyl (C=O) groups is 1. The Kier molecular flexibility index (Phi) is 11.9. The van der Waals surface area contributed by atoms with E-state index in [9.17, 15) is 4.79 Å². The summed E-state index contributed by atoms with van der Waals surface area (Å²) in [5.41, 5.74) is 5.10. The SMILES string of the molecule is Cc1ccc(OC(=O)NCCN(C)CCCCCCSC(c2ccccc2)(c2ccccc2)c2ccccc2)cc1. The van der Waals surface area contributed by atoms with Crippen molar-refractivity contribution in [3.8, 4) is 5.75 Å². The van der Waals surface area contributed by atoms with E-state index >= 15 is 0 Å². The maximum Gasteiger partial charge on any atom is 0.412 e. The molecule has 0 atom stereocenters. The summed E-state index contributed by atoms with van der Waals surface area (Å²) in [7, 11) is 2.11. The van der Waals surface area contributed by atoms with Crippen molar-refractivity contribution in [3.05, 3.63) is 138 Å². The van der Waals surface area contributed by atoms with Crippen molar-refractivity contribution in [2.45, 2.75) is 37.4 Å². The fourth-order valence-corrected chi connectivity index (χ4v) is 6.60. The average molecular weight is 567 g/mol. The molecule has 0 unspecified atom stereocenters. The van der Waals surface area contributed by atoms with E-state index in [4.69, 9.17) is 4.74 Å². The molecule has 0 aliphatic heterocycles. The summed E-state index contributed by atoms with van der Waals surface area (Å²) in [6, 6.07) is 40.2. The number of amides is 1. The maximum absolute atomic E-state index is 12.0. The molecule has 5 heteroatoms. The van der Waals surface area contributed by atoms with E-state index < -0.39 is 6.09 Å². The van der Waals surface area contributed by atoms with Crippen molar-refractivity contribution in [1.82, 2.24) is 10.2 Å². The van der Waals surface area contributed by atoms with Gasteiger partial charge in [0.1, 0.15) is 5.75 Å². The van der Waals surface area contributed by atoms with E-state index in [1.54, 1.807) is 0 Å². The zero-order valence-electron chi connectivity index (χ0n) is 24.3. The lowest BCUT2D eigenvalue weighted by Gasteiger charge is -2.35. The molecular formula is C36H42N2O2S. The van der Waals surface area contributed by atoms with Crippen molar-refractivity contribution in [3.63, 3.8) is 0 Å². The molecule has 0 spiro atoms. The summed E-state index contributed by atoms with van der Waals surface area (Å²) >= 11 is 2.05. The number of hydrogen-bond acceptors (Lipinski definition) is 4. The van der Waals surface area contributed by atoms with Gasteiger partial charge in [-0.05, 0) is 67.9 Å². The van der Waals surface area contributed by atoms with Gasteiger partial charge in [-0.1, -0.05) is 122 Å². The molecule has 0 fully saturated rings. The number of aryl methyl sites for hydroxylation is 1. The van der Waals surface area contributed by atoms with E-state index in [0.29, 0.717) is 12.3 Å². The number of nitrogens with one attached hydrogen (secondary N) is 1. The second-order valence-corrected chi connectivity index (χ2v) is 11.8. The first kappa shape index (κ1) is 30.4. The lowest BCUT2D eigenvalue weighted by molar-refractivity contribution is 0.198. The molecule has 0 aromatic heterocycles. The minimum absolute atomic E-state index is 0.238. The van der Waals surface area contributed by atoms with Crippen LogP contribution < -0.4 is 10.1 Å². The number of likely N-dealkylation sites (N-methyl/N-ethyl adjacent to an activating group) is 1. The number of unbranched alkanes of at least 4 members (excludes halogenated alkanes) is 3. The summed E-state index contributed by atoms with van der Waals surface area (Å²) in [4.78, 5) is 14.3. The standard InChI is InChI=1S/C36H42N2O2S/c1-30-22-24-34(25-23-30)40-35(39)37-26-28-38(2)27-14-3-4-15-29-41-36(31-16-8-5-9-17-31,32-18-10-6-11-19-32)33-20-12-7-13-21-33/h5-13,16-25H,3-4,14-15,26-29H2,1-2H3,(H,37,39). The Labute approximate surface area is 250 Å². The van der Waals surface area contributed by atoms with Crippen LogP contribution in [0.25, 0.3) is 0 Å². The van der Waals surface area contributed by atoms with Crippen molar-refractivity contribution >= 4 is 17.9 Å². The molecule has 4 rings (SSSR count). The van der Waals surface area contributed by atoms with Crippen LogP contribution in [0.5, 0.6) is 5.75 Å². The van der Waals surface area contributed by atoms with Crippen molar-refractivity contribution in [1.29, 1.82) is 0 Å². The summed E-state index contributed by atoms with van der Waals surface area (Å²) in [5.74, 6) is 1.65. The lowest BCUT2D eigenvalue weighted by atomic mass is 9.84. The molecule has 0 heterocycles. The molecule has 0 saturated carbocycles. The maximum atomic E-state index is 12.0. The number of rotatable bonds is 15. The number of benzene rings is 4. The van der Waals surface area contributed by atoms with Crippen LogP contribution in [0.3, 0.4) is 0 Å². The van der Waals surface area contributed by atoms with Crippen LogP contribution in [0.4, 0.5) is 4.79 Å². The number of thioether (sulfide) groups is 1. The summed E-state index contributed by atoms with van der Waals surface area (Å²) in [6.45, 7) is 4.39. The van der Waals surface area contributed by atoms with Crippen molar-refractivity contribution in [2.75, 3.05) is 32.4 Å². The molecule has 0 aliphatic rings. The third kappa shape index (κ3) is 8.97. The van der Waals surface area contributed by atoms with Gasteiger partial charge in [0.25, 0.3) is 0 Å². The topological polar surface area (TPSA) is 41.6 Å². The normalized spacial score (nSPS) is 11.4. The molecule has 41 heavy (non-hydrogen) atoms. The smallest absolute Gasteiger partial charge is 0.410 e. The minimum Gasteiger partial charge on any atom is -0.410 e. The molecule has 0 saturated heterocycles. The van der Waals surface area contributed by atoms with Gasteiger partial charge in [0.2, 0.25) is 0 Å². The Morgan fingerprint density at radius 3 is 1.76 bits per heavy atom. The van der Waals surface area contributed by atoms with Gasteiger partial charge in [-0.15, -0.1) is 11.8 Å². The molecule has 214 valence electrons. The Balaban J connectivity index is 1.21. The van der Waals surface area contributed by atoms with Crippen molar-refractivity contribution in [2.24, 2.45) is 0 Å². The summed E-state index contributed by atoms with van der Waals surface area (Å²) in [6.07, 6.45) is 4.32. The lowest BCUT2D eigenvalue weighted by Crippen LogP contribution is -2.35. The van der Waals surface area contributed by atoms with Gasteiger partial charge in [0, 0.05) is 13.1 Å². The van der Waals surface area contributed by atoms with E-state index in [0.717, 1.165) is 30.8 Å². The van der Waals surface area contributed by atoms with Crippen LogP contribution in [0, 0.1) is 6.92 Å². The fourth-order valence-electron chi connectivity index (χ4n) is 5.04. The first-order chi connectivity index (χ1) is 20.1. The molecular weight excluding hydrogens is 524 g/mol. The Morgan fingerprint density at radius 2 is 1.22 bits per heavy atom. The molecule has 4 nitrogen and oxygen atoms in total. The van der Waals surface area contributed by atoms with Gasteiger partial charge in [0.05, 0.1) is 4.75 Å². The molecule has 0 bridgehead atoms. The van der Waals surface area contributed by atoms with Gasteiger partial charge in [-0.2, -0.15) is 0 Å². The largest absolute Gasteiger partial charge is 0.412 e. The van der Waals surface area contributed by atoms with Gasteiger partial charge >= 0.3 is 6.09 Å². The highest BCUT2D eigenvalue weighted by atomic mass is 32.2. The van der Waals surface area contributed by atoms with Gasteiger partial charge in [-0.3, -0.25) is 0 Å². The summed E-state index contributed by atoms with van der Waals surface area (Å²) < 4.78 is 5.09. The van der Waals surface area contributed by atoms with Crippen LogP contribution >= 0.6 is 11.8 Å². The van der Waals surface area contributed by atoms with Crippen LogP contribution in [0.1, 0.15) is 47.9 Å². The Morgan fingerprint density at radius 1 is 0.707 bits per heavy atom. The van der Waals surface area contributed by atoms with Crippen molar-refractivity contribution < 1.29 is 9.53 Å². The Bertz CT molecular complexity index is 1200. The second-order valence-electron chi connectivity index (χ2n) is 10.5. The first-order valence-electron chi connectivity index (χ1n) is 14.6. The fraction of sp³-hybridized carbons (Fsp3) is 0.306. The predicted molar refractivity (Wildman–Crippen MR) is 173 cm³/mol. The quantitative estimate of drug-likeness (QED) is 0.116. The second kappa shape index (κ2) is 16.0. The average Bonchev–Trinajstić information content (AvgIpc) is 3.01. The van der Waals surface area contributed by atoms with E-state index in [1.165, 1.54) is 36.0 Å².